The Bertz CT molecular complexity index is 1140. The molecule has 3 aromatic rings. The number of rotatable bonds is 11. The van der Waals surface area contributed by atoms with E-state index in [1.54, 1.807) is 35.4 Å². The molecule has 0 aliphatic heterocycles. The van der Waals surface area contributed by atoms with E-state index in [4.69, 9.17) is 9.47 Å². The number of benzene rings is 1. The van der Waals surface area contributed by atoms with Gasteiger partial charge in [-0.25, -0.2) is 9.78 Å². The number of carboxylic acid groups (broad SMARTS) is 1. The van der Waals surface area contributed by atoms with Gasteiger partial charge in [-0.1, -0.05) is 25.5 Å². The molecule has 0 saturated heterocycles. The van der Waals surface area contributed by atoms with Crippen molar-refractivity contribution in [3.05, 3.63) is 51.7 Å². The van der Waals surface area contributed by atoms with Crippen LogP contribution in [0.25, 0.3) is 11.0 Å². The summed E-state index contributed by atoms with van der Waals surface area (Å²) in [6, 6.07) is 7.21. The van der Waals surface area contributed by atoms with Crippen LogP contribution in [-0.2, 0) is 36.0 Å². The number of fused-ring (bicyclic) bond motifs is 1. The molecule has 0 spiro atoms. The first-order chi connectivity index (χ1) is 15.3. The minimum Gasteiger partial charge on any atom is -0.492 e. The van der Waals surface area contributed by atoms with E-state index in [0.717, 1.165) is 24.1 Å². The fourth-order valence-electron chi connectivity index (χ4n) is 3.70. The standard InChI is InChI=1S/C23H30N4O5.Mg/c1-5-7-18-20-21(26(4)25-18)22(28)27(15(3)24-20)12-13-32-17-10-8-16(9-11-17)14-19(23(29)30)31-6-2;/h8-11,19H,5-7,12-14H2,1-4H3,(H,29,30);/q;+2/t19-;/m0./s1. The molecule has 0 amide bonds. The van der Waals surface area contributed by atoms with Crippen molar-refractivity contribution in [3.8, 4) is 5.75 Å². The summed E-state index contributed by atoms with van der Waals surface area (Å²) < 4.78 is 14.3. The monoisotopic (exact) mass is 466 g/mol. The average Bonchev–Trinajstić information content (AvgIpc) is 3.06. The molecule has 1 N–H and O–H groups in total. The van der Waals surface area contributed by atoms with Gasteiger partial charge in [0.15, 0.2) is 11.6 Å². The number of nitrogens with zero attached hydrogens (tertiary/aromatic N) is 4. The van der Waals surface area contributed by atoms with Gasteiger partial charge in [0.25, 0.3) is 5.56 Å². The third kappa shape index (κ3) is 6.33. The second-order valence-corrected chi connectivity index (χ2v) is 7.61. The maximum Gasteiger partial charge on any atom is 2.00 e. The summed E-state index contributed by atoms with van der Waals surface area (Å²) in [4.78, 5) is 28.9. The van der Waals surface area contributed by atoms with Crippen molar-refractivity contribution < 1.29 is 19.4 Å². The third-order valence-corrected chi connectivity index (χ3v) is 5.26. The fraction of sp³-hybridized carbons (Fsp3) is 0.478. The number of aliphatic carboxylic acids is 1. The molecular formula is C23H30MgN4O5+2. The van der Waals surface area contributed by atoms with E-state index in [1.165, 1.54) is 0 Å². The first-order valence-electron chi connectivity index (χ1n) is 10.8. The fourth-order valence-corrected chi connectivity index (χ4v) is 3.70. The Kier molecular flexibility index (Phi) is 9.87. The van der Waals surface area contributed by atoms with E-state index in [9.17, 15) is 14.7 Å². The van der Waals surface area contributed by atoms with Gasteiger partial charge in [-0.15, -0.1) is 0 Å². The maximum atomic E-state index is 13.0. The maximum absolute atomic E-state index is 13.0. The third-order valence-electron chi connectivity index (χ3n) is 5.26. The predicted octanol–water partition coefficient (Wildman–Crippen LogP) is 2.12. The molecular weight excluding hydrogens is 437 g/mol. The molecule has 0 aliphatic rings. The Hall–Kier alpha value is -2.43. The SMILES string of the molecule is CCCc1nn(C)c2c(=O)n(CCOc3ccc(C[C@H](OCC)C(=O)O)cc3)c(C)nc12.[Mg+2]. The van der Waals surface area contributed by atoms with Gasteiger partial charge < -0.3 is 14.6 Å². The molecule has 9 nitrogen and oxygen atoms in total. The normalized spacial score (nSPS) is 11.9. The number of hydrogen-bond acceptors (Lipinski definition) is 6. The van der Waals surface area contributed by atoms with Crippen LogP contribution in [0.15, 0.2) is 29.1 Å². The Morgan fingerprint density at radius 2 is 1.91 bits per heavy atom. The summed E-state index contributed by atoms with van der Waals surface area (Å²) in [5.41, 5.74) is 2.75. The molecule has 0 fully saturated rings. The van der Waals surface area contributed by atoms with Crippen molar-refractivity contribution in [2.24, 2.45) is 7.05 Å². The van der Waals surface area contributed by atoms with Crippen molar-refractivity contribution in [1.82, 2.24) is 19.3 Å². The number of carbonyl (C=O) groups is 1. The first-order valence-corrected chi connectivity index (χ1v) is 10.8. The molecule has 33 heavy (non-hydrogen) atoms. The van der Waals surface area contributed by atoms with Crippen LogP contribution in [0.5, 0.6) is 5.75 Å². The number of ether oxygens (including phenoxy) is 2. The Balaban J connectivity index is 0.00000385. The van der Waals surface area contributed by atoms with Crippen LogP contribution in [0, 0.1) is 6.92 Å². The van der Waals surface area contributed by atoms with E-state index in [0.29, 0.717) is 42.4 Å². The summed E-state index contributed by atoms with van der Waals surface area (Å²) in [6.07, 6.45) is 1.14. The van der Waals surface area contributed by atoms with Crippen LogP contribution in [-0.4, -0.2) is 72.8 Å². The van der Waals surface area contributed by atoms with Crippen LogP contribution in [0.4, 0.5) is 0 Å². The summed E-state index contributed by atoms with van der Waals surface area (Å²) >= 11 is 0. The molecule has 0 saturated carbocycles. The van der Waals surface area contributed by atoms with Crippen molar-refractivity contribution >= 4 is 40.1 Å². The Morgan fingerprint density at radius 1 is 1.21 bits per heavy atom. The van der Waals surface area contributed by atoms with Gasteiger partial charge in [0.1, 0.15) is 23.7 Å². The first kappa shape index (κ1) is 26.8. The number of aryl methyl sites for hydroxylation is 3. The van der Waals surface area contributed by atoms with Crippen molar-refractivity contribution in [1.29, 1.82) is 0 Å². The van der Waals surface area contributed by atoms with Crippen LogP contribution in [0.3, 0.4) is 0 Å². The van der Waals surface area contributed by atoms with Crippen LogP contribution in [0.1, 0.15) is 37.4 Å². The summed E-state index contributed by atoms with van der Waals surface area (Å²) in [5.74, 6) is 0.291. The summed E-state index contributed by atoms with van der Waals surface area (Å²) in [5, 5.41) is 13.7. The summed E-state index contributed by atoms with van der Waals surface area (Å²) in [7, 11) is 1.77. The molecule has 0 radical (unpaired) electrons. The predicted molar refractivity (Wildman–Crippen MR) is 126 cm³/mol. The summed E-state index contributed by atoms with van der Waals surface area (Å²) in [6.45, 7) is 6.65. The van der Waals surface area contributed by atoms with Crippen molar-refractivity contribution in [2.45, 2.75) is 52.7 Å². The minimum absolute atomic E-state index is 0. The zero-order chi connectivity index (χ0) is 23.3. The Morgan fingerprint density at radius 3 is 2.52 bits per heavy atom. The van der Waals surface area contributed by atoms with Crippen molar-refractivity contribution in [3.63, 3.8) is 0 Å². The molecule has 2 aromatic heterocycles. The van der Waals surface area contributed by atoms with Gasteiger partial charge in [-0.05, 0) is 38.0 Å². The minimum atomic E-state index is -0.978. The average molecular weight is 467 g/mol. The zero-order valence-corrected chi connectivity index (χ0v) is 21.1. The Labute approximate surface area is 208 Å². The molecule has 0 bridgehead atoms. The van der Waals surface area contributed by atoms with Crippen LogP contribution >= 0.6 is 0 Å². The van der Waals surface area contributed by atoms with Gasteiger partial charge in [0, 0.05) is 20.1 Å². The van der Waals surface area contributed by atoms with E-state index in [-0.39, 0.29) is 35.0 Å². The van der Waals surface area contributed by atoms with E-state index < -0.39 is 12.1 Å². The van der Waals surface area contributed by atoms with E-state index >= 15 is 0 Å². The zero-order valence-electron chi connectivity index (χ0n) is 19.7. The molecule has 1 aromatic carbocycles. The number of aromatic nitrogens is 4. The molecule has 0 unspecified atom stereocenters. The van der Waals surface area contributed by atoms with Gasteiger partial charge in [-0.3, -0.25) is 14.0 Å². The molecule has 1 atom stereocenters. The van der Waals surface area contributed by atoms with E-state index in [2.05, 4.69) is 17.0 Å². The topological polar surface area (TPSA) is 108 Å². The van der Waals surface area contributed by atoms with Crippen molar-refractivity contribution in [2.75, 3.05) is 13.2 Å². The van der Waals surface area contributed by atoms with Gasteiger partial charge in [0.05, 0.1) is 12.2 Å². The van der Waals surface area contributed by atoms with Gasteiger partial charge >= 0.3 is 29.0 Å². The smallest absolute Gasteiger partial charge is 0.492 e. The van der Waals surface area contributed by atoms with Gasteiger partial charge in [-0.2, -0.15) is 5.10 Å². The molecule has 3 rings (SSSR count). The number of carboxylic acids is 1. The number of hydrogen-bond donors (Lipinski definition) is 1. The molecule has 172 valence electrons. The molecule has 2 heterocycles. The van der Waals surface area contributed by atoms with Crippen LogP contribution in [0.2, 0.25) is 0 Å². The van der Waals surface area contributed by atoms with Gasteiger partial charge in [0.2, 0.25) is 0 Å². The molecule has 0 aliphatic carbocycles. The quantitative estimate of drug-likeness (QED) is 0.431. The molecule has 10 heteroatoms. The largest absolute Gasteiger partial charge is 2.00 e. The second-order valence-electron chi connectivity index (χ2n) is 7.61. The van der Waals surface area contributed by atoms with E-state index in [1.807, 2.05) is 19.1 Å². The second kappa shape index (κ2) is 12.1. The van der Waals surface area contributed by atoms with Crippen LogP contribution < -0.4 is 10.3 Å².